The largest absolute Gasteiger partial charge is 0.381 e. The van der Waals surface area contributed by atoms with E-state index in [0.29, 0.717) is 36.6 Å². The summed E-state index contributed by atoms with van der Waals surface area (Å²) in [6.45, 7) is 1.01. The van der Waals surface area contributed by atoms with Gasteiger partial charge in [0.15, 0.2) is 0 Å². The van der Waals surface area contributed by atoms with Crippen LogP contribution < -0.4 is 0 Å². The van der Waals surface area contributed by atoms with E-state index in [-0.39, 0.29) is 5.82 Å². The van der Waals surface area contributed by atoms with Crippen molar-refractivity contribution in [3.63, 3.8) is 0 Å². The quantitative estimate of drug-likeness (QED) is 0.746. The molecule has 16 heavy (non-hydrogen) atoms. The van der Waals surface area contributed by atoms with Gasteiger partial charge in [0.1, 0.15) is 12.1 Å². The van der Waals surface area contributed by atoms with E-state index in [0.717, 1.165) is 6.29 Å². The summed E-state index contributed by atoms with van der Waals surface area (Å²) in [4.78, 5) is 11.3. The highest BCUT2D eigenvalue weighted by Crippen LogP contribution is 2.37. The van der Waals surface area contributed by atoms with Crippen molar-refractivity contribution in [3.05, 3.63) is 34.6 Å². The van der Waals surface area contributed by atoms with E-state index in [4.69, 9.17) is 16.3 Å². The van der Waals surface area contributed by atoms with Crippen molar-refractivity contribution in [2.45, 2.75) is 18.3 Å². The van der Waals surface area contributed by atoms with E-state index < -0.39 is 5.41 Å². The van der Waals surface area contributed by atoms with Gasteiger partial charge in [-0.15, -0.1) is 0 Å². The van der Waals surface area contributed by atoms with E-state index in [9.17, 15) is 9.18 Å². The van der Waals surface area contributed by atoms with Crippen LogP contribution >= 0.6 is 11.6 Å². The molecular formula is C12H12ClFO2. The molecule has 0 N–H and O–H groups in total. The number of aldehydes is 1. The maximum Gasteiger partial charge on any atom is 0.130 e. The number of benzene rings is 1. The van der Waals surface area contributed by atoms with E-state index in [1.165, 1.54) is 18.2 Å². The lowest BCUT2D eigenvalue weighted by Crippen LogP contribution is -2.35. The van der Waals surface area contributed by atoms with Gasteiger partial charge in [-0.3, -0.25) is 0 Å². The van der Waals surface area contributed by atoms with Gasteiger partial charge in [0.25, 0.3) is 0 Å². The fourth-order valence-corrected chi connectivity index (χ4v) is 2.37. The van der Waals surface area contributed by atoms with E-state index >= 15 is 0 Å². The zero-order valence-corrected chi connectivity index (χ0v) is 9.47. The van der Waals surface area contributed by atoms with Gasteiger partial charge in [-0.25, -0.2) is 4.39 Å². The third-order valence-corrected chi connectivity index (χ3v) is 3.41. The lowest BCUT2D eigenvalue weighted by molar-refractivity contribution is -0.115. The summed E-state index contributed by atoms with van der Waals surface area (Å²) in [7, 11) is 0. The van der Waals surface area contributed by atoms with Crippen LogP contribution in [0.15, 0.2) is 18.2 Å². The zero-order chi connectivity index (χ0) is 11.6. The molecule has 1 aromatic rings. The summed E-state index contributed by atoms with van der Waals surface area (Å²) in [5.41, 5.74) is -0.107. The maximum atomic E-state index is 13.2. The van der Waals surface area contributed by atoms with Crippen LogP contribution in [0.4, 0.5) is 4.39 Å². The van der Waals surface area contributed by atoms with Gasteiger partial charge < -0.3 is 9.53 Å². The first-order chi connectivity index (χ1) is 7.68. The third-order valence-electron chi connectivity index (χ3n) is 3.08. The molecular weight excluding hydrogens is 231 g/mol. The van der Waals surface area contributed by atoms with Crippen molar-refractivity contribution in [1.29, 1.82) is 0 Å². The molecule has 0 atom stereocenters. The van der Waals surface area contributed by atoms with E-state index in [1.807, 2.05) is 0 Å². The predicted molar refractivity (Wildman–Crippen MR) is 59.2 cm³/mol. The van der Waals surface area contributed by atoms with Crippen LogP contribution in [0.1, 0.15) is 18.4 Å². The first-order valence-electron chi connectivity index (χ1n) is 5.17. The molecule has 0 spiro atoms. The first-order valence-corrected chi connectivity index (χ1v) is 5.55. The minimum atomic E-state index is -0.683. The molecule has 0 saturated carbocycles. The van der Waals surface area contributed by atoms with Gasteiger partial charge >= 0.3 is 0 Å². The molecule has 0 bridgehead atoms. The molecule has 1 aliphatic heterocycles. The molecule has 1 saturated heterocycles. The highest BCUT2D eigenvalue weighted by Gasteiger charge is 2.36. The highest BCUT2D eigenvalue weighted by molar-refractivity contribution is 6.31. The third kappa shape index (κ3) is 1.97. The Balaban J connectivity index is 2.46. The minimum Gasteiger partial charge on any atom is -0.381 e. The van der Waals surface area contributed by atoms with Crippen molar-refractivity contribution in [1.82, 2.24) is 0 Å². The Hall–Kier alpha value is -0.930. The summed E-state index contributed by atoms with van der Waals surface area (Å²) >= 11 is 6.03. The second-order valence-corrected chi connectivity index (χ2v) is 4.42. The standard InChI is InChI=1S/C12H12ClFO2/c13-11-2-1-9(14)7-10(11)12(8-15)3-5-16-6-4-12/h1-2,7-8H,3-6H2. The highest BCUT2D eigenvalue weighted by atomic mass is 35.5. The van der Waals surface area contributed by atoms with Gasteiger partial charge in [-0.05, 0) is 36.6 Å². The second kappa shape index (κ2) is 4.52. The van der Waals surface area contributed by atoms with Crippen molar-refractivity contribution in [2.75, 3.05) is 13.2 Å². The summed E-state index contributed by atoms with van der Waals surface area (Å²) in [6, 6.07) is 4.14. The molecule has 0 amide bonds. The minimum absolute atomic E-state index is 0.368. The molecule has 0 radical (unpaired) electrons. The predicted octanol–water partition coefficient (Wildman–Crippen LogP) is 2.73. The summed E-state index contributed by atoms with van der Waals surface area (Å²) in [5.74, 6) is -0.368. The van der Waals surface area contributed by atoms with Gasteiger partial charge in [0.2, 0.25) is 0 Å². The molecule has 2 rings (SSSR count). The smallest absolute Gasteiger partial charge is 0.130 e. The van der Waals surface area contributed by atoms with Crippen molar-refractivity contribution >= 4 is 17.9 Å². The number of halogens is 2. The molecule has 4 heteroatoms. The fourth-order valence-electron chi connectivity index (χ4n) is 2.07. The van der Waals surface area contributed by atoms with Crippen LogP contribution in [-0.4, -0.2) is 19.5 Å². The molecule has 1 fully saturated rings. The second-order valence-electron chi connectivity index (χ2n) is 4.01. The van der Waals surface area contributed by atoms with Crippen LogP contribution in [-0.2, 0) is 14.9 Å². The topological polar surface area (TPSA) is 26.3 Å². The average Bonchev–Trinajstić information content (AvgIpc) is 2.33. The molecule has 0 aromatic heterocycles. The summed E-state index contributed by atoms with van der Waals surface area (Å²) in [6.07, 6.45) is 1.98. The Morgan fingerprint density at radius 2 is 2.06 bits per heavy atom. The Morgan fingerprint density at radius 1 is 1.38 bits per heavy atom. The molecule has 0 unspecified atom stereocenters. The number of ether oxygens (including phenoxy) is 1. The van der Waals surface area contributed by atoms with Gasteiger partial charge in [-0.2, -0.15) is 0 Å². The van der Waals surface area contributed by atoms with E-state index in [2.05, 4.69) is 0 Å². The Kier molecular flexibility index (Phi) is 3.26. The Bertz CT molecular complexity index is 400. The maximum absolute atomic E-state index is 13.2. The number of rotatable bonds is 2. The van der Waals surface area contributed by atoms with Crippen LogP contribution in [0.25, 0.3) is 0 Å². The summed E-state index contributed by atoms with van der Waals surface area (Å²) in [5, 5.41) is 0.440. The lowest BCUT2D eigenvalue weighted by Gasteiger charge is -2.33. The number of carbonyl (C=O) groups excluding carboxylic acids is 1. The van der Waals surface area contributed by atoms with Crippen molar-refractivity contribution < 1.29 is 13.9 Å². The first kappa shape index (κ1) is 11.6. The zero-order valence-electron chi connectivity index (χ0n) is 8.71. The molecule has 1 aliphatic rings. The number of hydrogen-bond donors (Lipinski definition) is 0. The van der Waals surface area contributed by atoms with Crippen LogP contribution in [0.5, 0.6) is 0 Å². The lowest BCUT2D eigenvalue weighted by atomic mass is 9.75. The number of carbonyl (C=O) groups is 1. The van der Waals surface area contributed by atoms with Crippen LogP contribution in [0.3, 0.4) is 0 Å². The molecule has 0 aliphatic carbocycles. The fraction of sp³-hybridized carbons (Fsp3) is 0.417. The van der Waals surface area contributed by atoms with Gasteiger partial charge in [-0.1, -0.05) is 11.6 Å². The van der Waals surface area contributed by atoms with Gasteiger partial charge in [0, 0.05) is 18.2 Å². The van der Waals surface area contributed by atoms with Crippen molar-refractivity contribution in [3.8, 4) is 0 Å². The molecule has 86 valence electrons. The van der Waals surface area contributed by atoms with Gasteiger partial charge in [0.05, 0.1) is 5.41 Å². The SMILES string of the molecule is O=CC1(c2cc(F)ccc2Cl)CCOCC1. The molecule has 2 nitrogen and oxygen atoms in total. The normalized spacial score (nSPS) is 19.4. The van der Waals surface area contributed by atoms with Crippen molar-refractivity contribution in [2.24, 2.45) is 0 Å². The number of hydrogen-bond acceptors (Lipinski definition) is 2. The summed E-state index contributed by atoms with van der Waals surface area (Å²) < 4.78 is 18.4. The van der Waals surface area contributed by atoms with Crippen LogP contribution in [0.2, 0.25) is 5.02 Å². The molecule has 1 aromatic carbocycles. The van der Waals surface area contributed by atoms with Crippen LogP contribution in [0, 0.1) is 5.82 Å². The average molecular weight is 243 g/mol. The molecule has 1 heterocycles. The Morgan fingerprint density at radius 3 is 2.69 bits per heavy atom. The van der Waals surface area contributed by atoms with E-state index in [1.54, 1.807) is 0 Å². The monoisotopic (exact) mass is 242 g/mol. The Labute approximate surface area is 98.4 Å².